The minimum Gasteiger partial charge on any atom is -0.499 e. The number of hydrogen-bond donors (Lipinski definition) is 3. The molecule has 4 N–H and O–H groups in total. The number of ether oxygens (including phenoxy) is 1. The maximum atomic E-state index is 11.9. The summed E-state index contributed by atoms with van der Waals surface area (Å²) in [6.45, 7) is 0. The summed E-state index contributed by atoms with van der Waals surface area (Å²) in [5, 5.41) is 8.28. The van der Waals surface area contributed by atoms with Gasteiger partial charge in [0, 0.05) is 18.1 Å². The quantitative estimate of drug-likeness (QED) is 0.440. The van der Waals surface area contributed by atoms with Gasteiger partial charge in [0.25, 0.3) is 20.2 Å². The maximum absolute atomic E-state index is 11.9. The highest BCUT2D eigenvalue weighted by atomic mass is 32.2. The minimum atomic E-state index is -4.81. The number of benzene rings is 1. The Bertz CT molecular complexity index is 1300. The average Bonchev–Trinajstić information content (AvgIpc) is 2.99. The Morgan fingerprint density at radius 1 is 1.10 bits per heavy atom. The minimum absolute atomic E-state index is 0.0162. The molecule has 0 spiro atoms. The second-order valence-corrected chi connectivity index (χ2v) is 9.38. The normalized spacial score (nSPS) is 19.2. The van der Waals surface area contributed by atoms with Gasteiger partial charge in [0.15, 0.2) is 0 Å². The monoisotopic (exact) mass is 465 g/mol. The first-order chi connectivity index (χ1) is 14.5. The van der Waals surface area contributed by atoms with Crippen LogP contribution in [0.2, 0.25) is 0 Å². The molecule has 0 radical (unpaired) electrons. The fourth-order valence-corrected chi connectivity index (χ4v) is 4.26. The van der Waals surface area contributed by atoms with E-state index in [1.165, 1.54) is 19.3 Å². The van der Waals surface area contributed by atoms with E-state index in [9.17, 15) is 25.9 Å². The Morgan fingerprint density at radius 2 is 1.84 bits per heavy atom. The zero-order valence-corrected chi connectivity index (χ0v) is 17.8. The Balaban J connectivity index is 2.08. The van der Waals surface area contributed by atoms with Gasteiger partial charge in [-0.3, -0.25) is 9.11 Å². The number of fused-ring (bicyclic) bond motifs is 1. The van der Waals surface area contributed by atoms with E-state index in [0.717, 1.165) is 6.07 Å². The predicted molar refractivity (Wildman–Crippen MR) is 113 cm³/mol. The molecule has 2 aliphatic rings. The largest absolute Gasteiger partial charge is 0.499 e. The molecule has 1 atom stereocenters. The second kappa shape index (κ2) is 8.69. The summed E-state index contributed by atoms with van der Waals surface area (Å²) < 4.78 is 70.8. The lowest BCUT2D eigenvalue weighted by Gasteiger charge is -2.09. The molecule has 3 rings (SSSR count). The van der Waals surface area contributed by atoms with Crippen LogP contribution in [0.25, 0.3) is 12.2 Å². The van der Waals surface area contributed by atoms with Gasteiger partial charge in [-0.05, 0) is 29.8 Å². The summed E-state index contributed by atoms with van der Waals surface area (Å²) in [6.07, 6.45) is 11.4. The van der Waals surface area contributed by atoms with Crippen LogP contribution in [0.5, 0.6) is 0 Å². The third kappa shape index (κ3) is 5.42. The first-order valence-electron chi connectivity index (χ1n) is 8.80. The van der Waals surface area contributed by atoms with Gasteiger partial charge in [0.1, 0.15) is 10.7 Å². The SMILES string of the molecule is COC1=CC(N=NC2=Cc3c(cc(S(=O)(=O)O)cc3S(=O)(=O)O)C=CC2)=CC=CC1N. The first kappa shape index (κ1) is 22.8. The van der Waals surface area contributed by atoms with Gasteiger partial charge in [0.05, 0.1) is 29.4 Å². The highest BCUT2D eigenvalue weighted by molar-refractivity contribution is 7.86. The summed E-state index contributed by atoms with van der Waals surface area (Å²) in [4.78, 5) is -1.34. The van der Waals surface area contributed by atoms with Crippen LogP contribution in [-0.2, 0) is 25.0 Å². The van der Waals surface area contributed by atoms with Crippen LogP contribution in [0, 0.1) is 0 Å². The second-order valence-electron chi connectivity index (χ2n) is 6.57. The third-order valence-corrected chi connectivity index (χ3v) is 6.12. The molecule has 164 valence electrons. The van der Waals surface area contributed by atoms with Gasteiger partial charge in [-0.1, -0.05) is 24.3 Å². The molecule has 0 aromatic heterocycles. The zero-order valence-electron chi connectivity index (χ0n) is 16.2. The van der Waals surface area contributed by atoms with Crippen molar-refractivity contribution in [3.8, 4) is 0 Å². The molecular formula is C19H19N3O7S2. The van der Waals surface area contributed by atoms with E-state index < -0.39 is 36.1 Å². The van der Waals surface area contributed by atoms with Crippen molar-refractivity contribution in [3.05, 3.63) is 70.8 Å². The molecule has 0 amide bonds. The smallest absolute Gasteiger partial charge is 0.295 e. The van der Waals surface area contributed by atoms with Crippen LogP contribution in [0.15, 0.2) is 79.7 Å². The van der Waals surface area contributed by atoms with Crippen molar-refractivity contribution in [3.63, 3.8) is 0 Å². The van der Waals surface area contributed by atoms with Crippen molar-refractivity contribution in [1.82, 2.24) is 0 Å². The van der Waals surface area contributed by atoms with Gasteiger partial charge in [-0.25, -0.2) is 0 Å². The molecule has 0 heterocycles. The van der Waals surface area contributed by atoms with Crippen molar-refractivity contribution < 1.29 is 30.7 Å². The molecule has 0 bridgehead atoms. The highest BCUT2D eigenvalue weighted by Crippen LogP contribution is 2.31. The number of nitrogens with two attached hydrogens (primary N) is 1. The number of hydrogen-bond acceptors (Lipinski definition) is 8. The molecule has 0 aliphatic heterocycles. The van der Waals surface area contributed by atoms with Gasteiger partial charge < -0.3 is 10.5 Å². The standard InChI is InChI=1S/C19H19N3O7S2/c1-29-18-10-14(6-3-7-17(18)20)22-21-13-5-2-4-12-8-15(30(23,24)25)11-19(16(12)9-13)31(26,27)28/h2-4,6-11,17H,5,20H2,1H3,(H,23,24,25)(H,26,27,28). The lowest BCUT2D eigenvalue weighted by atomic mass is 10.1. The molecule has 0 saturated carbocycles. The van der Waals surface area contributed by atoms with Gasteiger partial charge in [0.2, 0.25) is 0 Å². The van der Waals surface area contributed by atoms with E-state index in [1.807, 2.05) is 0 Å². The maximum Gasteiger partial charge on any atom is 0.295 e. The Morgan fingerprint density at radius 3 is 2.48 bits per heavy atom. The van der Waals surface area contributed by atoms with Crippen LogP contribution >= 0.6 is 0 Å². The van der Waals surface area contributed by atoms with Crippen molar-refractivity contribution in [2.75, 3.05) is 7.11 Å². The van der Waals surface area contributed by atoms with Gasteiger partial charge in [-0.2, -0.15) is 27.1 Å². The van der Waals surface area contributed by atoms with Gasteiger partial charge >= 0.3 is 0 Å². The molecule has 2 aliphatic carbocycles. The van der Waals surface area contributed by atoms with Gasteiger partial charge in [-0.15, -0.1) is 0 Å². The van der Waals surface area contributed by atoms with E-state index in [-0.39, 0.29) is 17.5 Å². The Labute approximate surface area is 179 Å². The molecule has 12 heteroatoms. The third-order valence-electron chi connectivity index (χ3n) is 4.39. The van der Waals surface area contributed by atoms with E-state index in [2.05, 4.69) is 10.2 Å². The Hall–Kier alpha value is -2.90. The summed E-state index contributed by atoms with van der Waals surface area (Å²) in [6, 6.07) is 1.34. The number of allylic oxidation sites excluding steroid dienone is 4. The average molecular weight is 466 g/mol. The van der Waals surface area contributed by atoms with Crippen molar-refractivity contribution >= 4 is 32.4 Å². The van der Waals surface area contributed by atoms with Crippen molar-refractivity contribution in [2.45, 2.75) is 22.3 Å². The molecule has 1 aromatic rings. The number of azo groups is 1. The molecule has 0 saturated heterocycles. The number of nitrogens with zero attached hydrogens (tertiary/aromatic N) is 2. The van der Waals surface area contributed by atoms with E-state index in [1.54, 1.807) is 30.4 Å². The van der Waals surface area contributed by atoms with Crippen LogP contribution in [0.1, 0.15) is 17.5 Å². The van der Waals surface area contributed by atoms with Crippen LogP contribution in [-0.4, -0.2) is 39.1 Å². The lowest BCUT2D eigenvalue weighted by Crippen LogP contribution is -2.20. The Kier molecular flexibility index (Phi) is 6.38. The molecule has 1 aromatic carbocycles. The van der Waals surface area contributed by atoms with Crippen LogP contribution in [0.3, 0.4) is 0 Å². The first-order valence-corrected chi connectivity index (χ1v) is 11.7. The lowest BCUT2D eigenvalue weighted by molar-refractivity contribution is 0.274. The topological polar surface area (TPSA) is 169 Å². The van der Waals surface area contributed by atoms with Crippen molar-refractivity contribution in [1.29, 1.82) is 0 Å². The van der Waals surface area contributed by atoms with E-state index in [4.69, 9.17) is 10.5 Å². The number of methoxy groups -OCH3 is 1. The van der Waals surface area contributed by atoms with E-state index >= 15 is 0 Å². The molecule has 1 unspecified atom stereocenters. The summed E-state index contributed by atoms with van der Waals surface area (Å²) >= 11 is 0. The fraction of sp³-hybridized carbons (Fsp3) is 0.158. The highest BCUT2D eigenvalue weighted by Gasteiger charge is 2.23. The van der Waals surface area contributed by atoms with E-state index in [0.29, 0.717) is 23.2 Å². The summed E-state index contributed by atoms with van der Waals surface area (Å²) in [5.74, 6) is 0.477. The number of rotatable bonds is 5. The molecule has 31 heavy (non-hydrogen) atoms. The zero-order chi connectivity index (χ0) is 22.8. The fourth-order valence-electron chi connectivity index (χ4n) is 2.92. The molecular weight excluding hydrogens is 446 g/mol. The molecule has 10 nitrogen and oxygen atoms in total. The van der Waals surface area contributed by atoms with Crippen LogP contribution < -0.4 is 5.73 Å². The van der Waals surface area contributed by atoms with Crippen molar-refractivity contribution in [2.24, 2.45) is 16.0 Å². The summed E-state index contributed by atoms with van der Waals surface area (Å²) in [5.41, 5.74) is 6.87. The molecule has 0 fully saturated rings. The predicted octanol–water partition coefficient (Wildman–Crippen LogP) is 2.70. The van der Waals surface area contributed by atoms with Crippen LogP contribution in [0.4, 0.5) is 0 Å². The summed E-state index contributed by atoms with van der Waals surface area (Å²) in [7, 11) is -8.03.